The van der Waals surface area contributed by atoms with Crippen LogP contribution < -0.4 is 0 Å². The minimum atomic E-state index is -7.35. The highest BCUT2D eigenvalue weighted by Crippen LogP contribution is 2.55. The topological polar surface area (TPSA) is 63.6 Å². The van der Waals surface area contributed by atoms with Crippen molar-refractivity contribution in [3.8, 4) is 0 Å². The Morgan fingerprint density at radius 1 is 0.783 bits per heavy atom. The lowest BCUT2D eigenvalue weighted by molar-refractivity contribution is -0.382. The third-order valence-corrected chi connectivity index (χ3v) is 7.48. The van der Waals surface area contributed by atoms with Crippen molar-refractivity contribution in [2.45, 2.75) is 36.1 Å². The molecule has 1 rings (SSSR count). The summed E-state index contributed by atoms with van der Waals surface area (Å²) in [7, 11) is -10.9. The first-order chi connectivity index (χ1) is 9.91. The van der Waals surface area contributed by atoms with E-state index in [9.17, 15) is 52.1 Å². The summed E-state index contributed by atoms with van der Waals surface area (Å²) >= 11 is 0. The van der Waals surface area contributed by atoms with E-state index >= 15 is 0 Å². The summed E-state index contributed by atoms with van der Waals surface area (Å²) in [5.74, 6) is -15.9. The molecule has 0 saturated carbocycles. The van der Waals surface area contributed by atoms with Crippen LogP contribution >= 0.6 is 0 Å². The van der Waals surface area contributed by atoms with Crippen LogP contribution in [0.1, 0.15) is 12.8 Å². The lowest BCUT2D eigenvalue weighted by atomic mass is 10.1. The van der Waals surface area contributed by atoms with Gasteiger partial charge in [0, 0.05) is 11.5 Å². The Balaban J connectivity index is 3.48. The van der Waals surface area contributed by atoms with Gasteiger partial charge in [0.25, 0.3) is 0 Å². The van der Waals surface area contributed by atoms with Crippen molar-refractivity contribution in [3.05, 3.63) is 0 Å². The highest BCUT2D eigenvalue weighted by molar-refractivity contribution is 8.03. The second-order valence-corrected chi connectivity index (χ2v) is 9.02. The molecule has 0 bridgehead atoms. The van der Waals surface area contributed by atoms with Gasteiger partial charge in [0.2, 0.25) is 0 Å². The summed E-state index contributed by atoms with van der Waals surface area (Å²) in [4.78, 5) is 0. The Hall–Kier alpha value is -0.730. The first-order valence-corrected chi connectivity index (χ1v) is 8.89. The average Bonchev–Trinajstić information content (AvgIpc) is 2.72. The van der Waals surface area contributed by atoms with Gasteiger partial charge in [0.1, 0.15) is 0 Å². The van der Waals surface area contributed by atoms with Gasteiger partial charge in [-0.3, -0.25) is 0 Å². The molecule has 1 fully saturated rings. The van der Waals surface area contributed by atoms with Gasteiger partial charge in [-0.15, -0.1) is 3.77 Å². The highest BCUT2D eigenvalue weighted by Gasteiger charge is 2.85. The maximum Gasteiger partial charge on any atom is 0.460 e. The predicted molar refractivity (Wildman–Crippen MR) is 59.4 cm³/mol. The normalized spacial score (nSPS) is 20.6. The summed E-state index contributed by atoms with van der Waals surface area (Å²) in [6.45, 7) is 0. The lowest BCUT2D eigenvalue weighted by Gasteiger charge is -2.32. The van der Waals surface area contributed by atoms with Crippen LogP contribution in [0.4, 0.5) is 39.5 Å². The molecule has 1 heterocycles. The Kier molecular flexibility index (Phi) is 4.76. The fraction of sp³-hybridized carbons (Fsp3) is 1.00. The van der Waals surface area contributed by atoms with E-state index in [1.54, 1.807) is 0 Å². The van der Waals surface area contributed by atoms with Gasteiger partial charge in [-0.05, 0) is 12.8 Å². The first-order valence-electron chi connectivity index (χ1n) is 5.60. The van der Waals surface area contributed by atoms with Gasteiger partial charge in [0.05, 0.1) is 9.73 Å². The Bertz CT molecular complexity index is 676. The van der Waals surface area contributed by atoms with Crippen LogP contribution in [0.5, 0.6) is 0 Å². The molecule has 1 aliphatic heterocycles. The molecule has 0 radical (unpaired) electrons. The maximum absolute atomic E-state index is 13.3. The van der Waals surface area contributed by atoms with E-state index in [4.69, 9.17) is 0 Å². The molecule has 4 nitrogen and oxygen atoms in total. The van der Waals surface area contributed by atoms with Crippen molar-refractivity contribution >= 4 is 19.8 Å². The Labute approximate surface area is 124 Å². The molecule has 0 aromatic carbocycles. The fourth-order valence-electron chi connectivity index (χ4n) is 1.58. The van der Waals surface area contributed by atoms with Gasteiger partial charge in [-0.25, -0.2) is 4.21 Å². The Morgan fingerprint density at radius 2 is 1.17 bits per heavy atom. The summed E-state index contributed by atoms with van der Waals surface area (Å²) < 4.78 is 150. The van der Waals surface area contributed by atoms with E-state index in [0.717, 1.165) is 0 Å². The van der Waals surface area contributed by atoms with Gasteiger partial charge in [-0.1, -0.05) is 0 Å². The molecule has 1 saturated heterocycles. The molecule has 0 N–H and O–H groups in total. The van der Waals surface area contributed by atoms with Gasteiger partial charge < -0.3 is 0 Å². The van der Waals surface area contributed by atoms with Crippen molar-refractivity contribution in [2.24, 2.45) is 3.77 Å². The maximum atomic E-state index is 13.3. The zero-order valence-electron chi connectivity index (χ0n) is 10.7. The van der Waals surface area contributed by atoms with Crippen molar-refractivity contribution in [1.82, 2.24) is 0 Å². The van der Waals surface area contributed by atoms with E-state index < -0.39 is 54.5 Å². The number of alkyl halides is 9. The van der Waals surface area contributed by atoms with E-state index in [2.05, 4.69) is 0 Å². The van der Waals surface area contributed by atoms with Gasteiger partial charge >= 0.3 is 33.3 Å². The molecule has 138 valence electrons. The first kappa shape index (κ1) is 20.3. The molecule has 0 unspecified atom stereocenters. The third-order valence-electron chi connectivity index (χ3n) is 2.85. The van der Waals surface area contributed by atoms with Crippen LogP contribution in [0.3, 0.4) is 0 Å². The molecule has 0 amide bonds. The van der Waals surface area contributed by atoms with Crippen molar-refractivity contribution in [2.75, 3.05) is 11.5 Å². The average molecular weight is 401 g/mol. The summed E-state index contributed by atoms with van der Waals surface area (Å²) in [5, 5.41) is -6.91. The van der Waals surface area contributed by atoms with Crippen molar-refractivity contribution in [3.63, 3.8) is 0 Å². The second kappa shape index (κ2) is 5.39. The van der Waals surface area contributed by atoms with Crippen LogP contribution in [-0.4, -0.2) is 47.4 Å². The number of hydrogen-bond acceptors (Lipinski definition) is 3. The van der Waals surface area contributed by atoms with Crippen LogP contribution in [0.2, 0.25) is 0 Å². The summed E-state index contributed by atoms with van der Waals surface area (Å²) in [6.07, 6.45) is -7.07. The number of rotatable bonds is 4. The summed E-state index contributed by atoms with van der Waals surface area (Å²) in [5.41, 5.74) is 0. The van der Waals surface area contributed by atoms with Gasteiger partial charge in [-0.2, -0.15) is 47.9 Å². The number of sulfonamides is 1. The predicted octanol–water partition coefficient (Wildman–Crippen LogP) is 3.00. The molecule has 0 aromatic heterocycles. The smallest absolute Gasteiger partial charge is 0.249 e. The largest absolute Gasteiger partial charge is 0.460 e. The standard InChI is InChI=1S/C8H8F9NO3S2/c9-5(10,7(13,14)15)6(11,12)8(16,17)23(20,21)18-22(19)3-1-2-4-22/h1-4H2. The molecule has 15 heteroatoms. The SMILES string of the molecule is O=S(=O)(N=S1(=O)CCCC1)C(F)(F)C(F)(F)C(F)(F)C(F)(F)F. The third kappa shape index (κ3) is 3.13. The fourth-order valence-corrected chi connectivity index (χ4v) is 5.95. The van der Waals surface area contributed by atoms with Crippen LogP contribution in [0, 0.1) is 0 Å². The quantitative estimate of drug-likeness (QED) is 0.681. The minimum Gasteiger partial charge on any atom is -0.249 e. The van der Waals surface area contributed by atoms with E-state index in [1.165, 1.54) is 0 Å². The molecule has 0 atom stereocenters. The molecule has 0 spiro atoms. The number of halogens is 9. The molecule has 1 aliphatic rings. The van der Waals surface area contributed by atoms with Crippen molar-refractivity contribution in [1.29, 1.82) is 0 Å². The van der Waals surface area contributed by atoms with Crippen LogP contribution in [0.25, 0.3) is 0 Å². The molecule has 23 heavy (non-hydrogen) atoms. The summed E-state index contributed by atoms with van der Waals surface area (Å²) in [6, 6.07) is 0. The Morgan fingerprint density at radius 3 is 1.52 bits per heavy atom. The van der Waals surface area contributed by atoms with E-state index in [0.29, 0.717) is 0 Å². The van der Waals surface area contributed by atoms with Crippen molar-refractivity contribution < 1.29 is 52.1 Å². The number of nitrogens with zero attached hydrogens (tertiary/aromatic N) is 1. The monoisotopic (exact) mass is 401 g/mol. The zero-order valence-corrected chi connectivity index (χ0v) is 12.4. The highest BCUT2D eigenvalue weighted by atomic mass is 32.3. The second-order valence-electron chi connectivity index (χ2n) is 4.60. The van der Waals surface area contributed by atoms with Crippen LogP contribution in [-0.2, 0) is 19.8 Å². The lowest BCUT2D eigenvalue weighted by Crippen LogP contribution is -2.63. The van der Waals surface area contributed by atoms with Gasteiger partial charge in [0.15, 0.2) is 0 Å². The number of hydrogen-bond donors (Lipinski definition) is 0. The molecular weight excluding hydrogens is 393 g/mol. The molecule has 0 aliphatic carbocycles. The molecule has 0 aromatic rings. The molecular formula is C8H8F9NO3S2. The van der Waals surface area contributed by atoms with Crippen LogP contribution in [0.15, 0.2) is 3.77 Å². The van der Waals surface area contributed by atoms with E-state index in [-0.39, 0.29) is 12.8 Å². The van der Waals surface area contributed by atoms with E-state index in [1.807, 2.05) is 3.77 Å². The minimum absolute atomic E-state index is 0.0402. The zero-order chi connectivity index (χ0) is 18.5.